The van der Waals surface area contributed by atoms with Crippen LogP contribution in [0.4, 0.5) is 5.69 Å². The second kappa shape index (κ2) is 4.74. The van der Waals surface area contributed by atoms with Crippen LogP contribution in [0.2, 0.25) is 0 Å². The maximum atomic E-state index is 12.1. The van der Waals surface area contributed by atoms with Crippen LogP contribution in [0.5, 0.6) is 0 Å². The molecule has 0 bridgehead atoms. The maximum Gasteiger partial charge on any atom is 0.278 e. The van der Waals surface area contributed by atoms with Crippen molar-refractivity contribution in [2.75, 3.05) is 11.9 Å². The summed E-state index contributed by atoms with van der Waals surface area (Å²) in [5, 5.41) is 0. The molecule has 0 radical (unpaired) electrons. The second-order valence-corrected chi connectivity index (χ2v) is 3.74. The van der Waals surface area contributed by atoms with Crippen molar-refractivity contribution in [3.8, 4) is 0 Å². The summed E-state index contributed by atoms with van der Waals surface area (Å²) in [6.45, 7) is 1.84. The topological polar surface area (TPSA) is 46.1 Å². The molecule has 0 atom stereocenters. The Kier molecular flexibility index (Phi) is 3.14. The summed E-state index contributed by atoms with van der Waals surface area (Å²) in [6, 6.07) is 9.44. The second-order valence-electron chi connectivity index (χ2n) is 3.74. The molecule has 4 nitrogen and oxygen atoms in total. The fraction of sp³-hybridized carbons (Fsp3) is 0.154. The molecule has 86 valence electrons. The Morgan fingerprint density at radius 2 is 1.82 bits per heavy atom. The SMILES string of the molecule is Cc1cnc(C(=O)N(C)c2ccccc2)cn1. The van der Waals surface area contributed by atoms with Crippen molar-refractivity contribution in [2.45, 2.75) is 6.92 Å². The van der Waals surface area contributed by atoms with Crippen LogP contribution >= 0.6 is 0 Å². The highest BCUT2D eigenvalue weighted by Gasteiger charge is 2.14. The van der Waals surface area contributed by atoms with Crippen molar-refractivity contribution in [1.82, 2.24) is 9.97 Å². The summed E-state index contributed by atoms with van der Waals surface area (Å²) in [5.74, 6) is -0.163. The van der Waals surface area contributed by atoms with Crippen LogP contribution in [0.3, 0.4) is 0 Å². The van der Waals surface area contributed by atoms with Crippen molar-refractivity contribution in [2.24, 2.45) is 0 Å². The zero-order chi connectivity index (χ0) is 12.3. The van der Waals surface area contributed by atoms with E-state index in [2.05, 4.69) is 9.97 Å². The van der Waals surface area contributed by atoms with Gasteiger partial charge in [-0.25, -0.2) is 4.98 Å². The van der Waals surface area contributed by atoms with Crippen LogP contribution in [0.15, 0.2) is 42.7 Å². The number of hydrogen-bond donors (Lipinski definition) is 0. The van der Waals surface area contributed by atoms with Crippen molar-refractivity contribution in [3.63, 3.8) is 0 Å². The Balaban J connectivity index is 2.23. The standard InChI is InChI=1S/C13H13N3O/c1-10-8-15-12(9-14-10)13(17)16(2)11-6-4-3-5-7-11/h3-9H,1-2H3. The number of aromatic nitrogens is 2. The highest BCUT2D eigenvalue weighted by atomic mass is 16.2. The van der Waals surface area contributed by atoms with E-state index in [1.54, 1.807) is 18.1 Å². The van der Waals surface area contributed by atoms with Crippen LogP contribution < -0.4 is 4.90 Å². The Hall–Kier alpha value is -2.23. The minimum absolute atomic E-state index is 0.163. The molecule has 2 aromatic rings. The van der Waals surface area contributed by atoms with Crippen LogP contribution in [0, 0.1) is 6.92 Å². The van der Waals surface area contributed by atoms with Crippen LogP contribution in [0.25, 0.3) is 0 Å². The molecule has 1 aromatic heterocycles. The average molecular weight is 227 g/mol. The van der Waals surface area contributed by atoms with E-state index in [0.717, 1.165) is 11.4 Å². The third-order valence-electron chi connectivity index (χ3n) is 2.45. The van der Waals surface area contributed by atoms with E-state index in [0.29, 0.717) is 5.69 Å². The van der Waals surface area contributed by atoms with E-state index in [9.17, 15) is 4.79 Å². The first-order chi connectivity index (χ1) is 8.18. The molecule has 0 fully saturated rings. The minimum Gasteiger partial charge on any atom is -0.310 e. The molecule has 4 heteroatoms. The van der Waals surface area contributed by atoms with Gasteiger partial charge in [-0.05, 0) is 19.1 Å². The molecule has 0 aliphatic heterocycles. The molecular weight excluding hydrogens is 214 g/mol. The number of carbonyl (C=O) groups excluding carboxylic acids is 1. The van der Waals surface area contributed by atoms with E-state index in [1.165, 1.54) is 6.20 Å². The Morgan fingerprint density at radius 3 is 2.41 bits per heavy atom. The number of anilines is 1. The molecule has 0 saturated carbocycles. The number of carbonyl (C=O) groups is 1. The smallest absolute Gasteiger partial charge is 0.278 e. The molecule has 0 saturated heterocycles. The third kappa shape index (κ3) is 2.47. The van der Waals surface area contributed by atoms with E-state index < -0.39 is 0 Å². The number of nitrogens with zero attached hydrogens (tertiary/aromatic N) is 3. The van der Waals surface area contributed by atoms with Crippen LogP contribution in [-0.4, -0.2) is 22.9 Å². The highest BCUT2D eigenvalue weighted by molar-refractivity contribution is 6.04. The summed E-state index contributed by atoms with van der Waals surface area (Å²) in [6.07, 6.45) is 3.09. The van der Waals surface area contributed by atoms with Gasteiger partial charge in [0.25, 0.3) is 5.91 Å². The van der Waals surface area contributed by atoms with E-state index >= 15 is 0 Å². The van der Waals surface area contributed by atoms with Gasteiger partial charge in [0.1, 0.15) is 5.69 Å². The van der Waals surface area contributed by atoms with Gasteiger partial charge in [0, 0.05) is 18.9 Å². The summed E-state index contributed by atoms with van der Waals surface area (Å²) < 4.78 is 0. The molecule has 0 N–H and O–H groups in total. The molecule has 1 amide bonds. The summed E-state index contributed by atoms with van der Waals surface area (Å²) in [4.78, 5) is 21.8. The van der Waals surface area contributed by atoms with Crippen molar-refractivity contribution >= 4 is 11.6 Å². The monoisotopic (exact) mass is 227 g/mol. The fourth-order valence-electron chi connectivity index (χ4n) is 1.44. The lowest BCUT2D eigenvalue weighted by molar-refractivity contribution is 0.0988. The Morgan fingerprint density at radius 1 is 1.12 bits per heavy atom. The first kappa shape index (κ1) is 11.3. The number of hydrogen-bond acceptors (Lipinski definition) is 3. The molecule has 0 unspecified atom stereocenters. The first-order valence-corrected chi connectivity index (χ1v) is 5.30. The molecule has 0 spiro atoms. The molecule has 2 rings (SSSR count). The van der Waals surface area contributed by atoms with Crippen molar-refractivity contribution < 1.29 is 4.79 Å². The lowest BCUT2D eigenvalue weighted by atomic mass is 10.3. The molecule has 0 aliphatic rings. The Labute approximate surface area is 99.9 Å². The first-order valence-electron chi connectivity index (χ1n) is 5.30. The molecule has 1 aromatic carbocycles. The third-order valence-corrected chi connectivity index (χ3v) is 2.45. The van der Waals surface area contributed by atoms with Crippen LogP contribution in [-0.2, 0) is 0 Å². The number of aryl methyl sites for hydroxylation is 1. The quantitative estimate of drug-likeness (QED) is 0.789. The lowest BCUT2D eigenvalue weighted by Gasteiger charge is -2.16. The normalized spacial score (nSPS) is 10.0. The summed E-state index contributed by atoms with van der Waals surface area (Å²) in [5.41, 5.74) is 1.98. The predicted octanol–water partition coefficient (Wildman–Crippen LogP) is 2.06. The average Bonchev–Trinajstić information content (AvgIpc) is 2.39. The number of benzene rings is 1. The summed E-state index contributed by atoms with van der Waals surface area (Å²) >= 11 is 0. The molecule has 17 heavy (non-hydrogen) atoms. The zero-order valence-corrected chi connectivity index (χ0v) is 9.79. The van der Waals surface area contributed by atoms with Gasteiger partial charge in [-0.15, -0.1) is 0 Å². The van der Waals surface area contributed by atoms with Gasteiger partial charge in [-0.1, -0.05) is 18.2 Å². The van der Waals surface area contributed by atoms with Gasteiger partial charge in [0.15, 0.2) is 0 Å². The largest absolute Gasteiger partial charge is 0.310 e. The molecule has 1 heterocycles. The van der Waals surface area contributed by atoms with E-state index in [4.69, 9.17) is 0 Å². The molecular formula is C13H13N3O. The van der Waals surface area contributed by atoms with Gasteiger partial charge in [0.2, 0.25) is 0 Å². The number of rotatable bonds is 2. The van der Waals surface area contributed by atoms with Crippen LogP contribution in [0.1, 0.15) is 16.2 Å². The highest BCUT2D eigenvalue weighted by Crippen LogP contribution is 2.13. The Bertz CT molecular complexity index is 508. The lowest BCUT2D eigenvalue weighted by Crippen LogP contribution is -2.27. The fourth-order valence-corrected chi connectivity index (χ4v) is 1.44. The van der Waals surface area contributed by atoms with Gasteiger partial charge >= 0.3 is 0 Å². The number of amides is 1. The zero-order valence-electron chi connectivity index (χ0n) is 9.79. The van der Waals surface area contributed by atoms with Gasteiger partial charge < -0.3 is 4.90 Å². The number of para-hydroxylation sites is 1. The van der Waals surface area contributed by atoms with E-state index in [1.807, 2.05) is 37.3 Å². The predicted molar refractivity (Wildman–Crippen MR) is 65.9 cm³/mol. The van der Waals surface area contributed by atoms with Gasteiger partial charge in [0.05, 0.1) is 11.9 Å². The van der Waals surface area contributed by atoms with Gasteiger partial charge in [-0.2, -0.15) is 0 Å². The van der Waals surface area contributed by atoms with Gasteiger partial charge in [-0.3, -0.25) is 9.78 Å². The van der Waals surface area contributed by atoms with Crippen molar-refractivity contribution in [3.05, 3.63) is 54.1 Å². The summed E-state index contributed by atoms with van der Waals surface area (Å²) in [7, 11) is 1.72. The maximum absolute atomic E-state index is 12.1. The van der Waals surface area contributed by atoms with E-state index in [-0.39, 0.29) is 5.91 Å². The molecule has 0 aliphatic carbocycles. The van der Waals surface area contributed by atoms with Crippen molar-refractivity contribution in [1.29, 1.82) is 0 Å². The minimum atomic E-state index is -0.163.